The first kappa shape index (κ1) is 16.8. The van der Waals surface area contributed by atoms with Gasteiger partial charge in [0.1, 0.15) is 5.75 Å². The highest BCUT2D eigenvalue weighted by atomic mass is 16.5. The van der Waals surface area contributed by atoms with Crippen molar-refractivity contribution in [1.29, 1.82) is 0 Å². The van der Waals surface area contributed by atoms with Crippen LogP contribution < -0.4 is 20.7 Å². The van der Waals surface area contributed by atoms with Gasteiger partial charge in [-0.25, -0.2) is 0 Å². The average Bonchev–Trinajstić information content (AvgIpc) is 3.00. The first-order chi connectivity index (χ1) is 11.6. The van der Waals surface area contributed by atoms with Crippen molar-refractivity contribution < 1.29 is 14.3 Å². The van der Waals surface area contributed by atoms with Gasteiger partial charge >= 0.3 is 0 Å². The maximum Gasteiger partial charge on any atom is 0.241 e. The normalized spacial score (nSPS) is 25.7. The third-order valence-corrected chi connectivity index (χ3v) is 4.96. The number of hydrogen-bond acceptors (Lipinski definition) is 4. The fourth-order valence-electron chi connectivity index (χ4n) is 3.81. The summed E-state index contributed by atoms with van der Waals surface area (Å²) < 4.78 is 5.29. The Labute approximate surface area is 142 Å². The van der Waals surface area contributed by atoms with Crippen molar-refractivity contribution in [2.45, 2.75) is 51.1 Å². The molecule has 24 heavy (non-hydrogen) atoms. The molecule has 1 aliphatic carbocycles. The molecule has 0 radical (unpaired) electrons. The predicted molar refractivity (Wildman–Crippen MR) is 93.2 cm³/mol. The number of hydrogen-bond donors (Lipinski definition) is 3. The molecule has 2 fully saturated rings. The number of carbonyl (C=O) groups excluding carboxylic acids is 2. The minimum Gasteiger partial charge on any atom is -0.494 e. The van der Waals surface area contributed by atoms with Crippen molar-refractivity contribution >= 4 is 23.2 Å². The Morgan fingerprint density at radius 2 is 2.00 bits per heavy atom. The minimum atomic E-state index is -0.164. The maximum atomic E-state index is 12.5. The van der Waals surface area contributed by atoms with Crippen LogP contribution in [0, 0.1) is 5.92 Å². The molecule has 1 aliphatic heterocycles. The molecule has 1 saturated heterocycles. The van der Waals surface area contributed by atoms with E-state index in [0.29, 0.717) is 29.1 Å². The van der Waals surface area contributed by atoms with Crippen LogP contribution in [0.2, 0.25) is 0 Å². The standard InChI is InChI=1S/C18H25N3O3/c1-11(22)19-15-8-7-13(10-17(15)24-2)20-18(23)16-9-12-5-3-4-6-14(12)21-16/h7-8,10,12,14,16,21H,3-6,9H2,1-2H3,(H,19,22)(H,20,23). The van der Waals surface area contributed by atoms with Crippen LogP contribution >= 0.6 is 0 Å². The Kier molecular flexibility index (Phi) is 5.04. The Bertz CT molecular complexity index is 618. The molecule has 0 bridgehead atoms. The first-order valence-electron chi connectivity index (χ1n) is 8.59. The lowest BCUT2D eigenvalue weighted by atomic mass is 9.85. The fourth-order valence-corrected chi connectivity index (χ4v) is 3.81. The Morgan fingerprint density at radius 3 is 2.71 bits per heavy atom. The number of benzene rings is 1. The highest BCUT2D eigenvalue weighted by molar-refractivity contribution is 5.96. The van der Waals surface area contributed by atoms with Crippen molar-refractivity contribution in [2.24, 2.45) is 5.92 Å². The number of ether oxygens (including phenoxy) is 1. The zero-order valence-corrected chi connectivity index (χ0v) is 14.2. The number of methoxy groups -OCH3 is 1. The molecular formula is C18H25N3O3. The zero-order valence-electron chi connectivity index (χ0n) is 14.2. The maximum absolute atomic E-state index is 12.5. The highest BCUT2D eigenvalue weighted by Crippen LogP contribution is 2.34. The summed E-state index contributed by atoms with van der Waals surface area (Å²) in [6, 6.07) is 5.60. The van der Waals surface area contributed by atoms with Crippen LogP contribution in [0.1, 0.15) is 39.0 Å². The van der Waals surface area contributed by atoms with E-state index in [0.717, 1.165) is 6.42 Å². The Balaban J connectivity index is 1.65. The van der Waals surface area contributed by atoms with E-state index in [1.54, 1.807) is 18.2 Å². The molecule has 6 nitrogen and oxygen atoms in total. The van der Waals surface area contributed by atoms with Crippen LogP contribution in [0.3, 0.4) is 0 Å². The van der Waals surface area contributed by atoms with Gasteiger partial charge < -0.3 is 20.7 Å². The van der Waals surface area contributed by atoms with Gasteiger partial charge in [-0.05, 0) is 37.3 Å². The number of fused-ring (bicyclic) bond motifs is 1. The number of rotatable bonds is 4. The van der Waals surface area contributed by atoms with Crippen LogP contribution in [-0.2, 0) is 9.59 Å². The van der Waals surface area contributed by atoms with E-state index < -0.39 is 0 Å². The monoisotopic (exact) mass is 331 g/mol. The molecule has 6 heteroatoms. The largest absolute Gasteiger partial charge is 0.494 e. The van der Waals surface area contributed by atoms with E-state index in [2.05, 4.69) is 16.0 Å². The second-order valence-corrected chi connectivity index (χ2v) is 6.69. The van der Waals surface area contributed by atoms with Gasteiger partial charge in [-0.15, -0.1) is 0 Å². The first-order valence-corrected chi connectivity index (χ1v) is 8.59. The molecule has 2 aliphatic rings. The summed E-state index contributed by atoms with van der Waals surface area (Å²) in [6.45, 7) is 1.44. The molecule has 1 saturated carbocycles. The molecular weight excluding hydrogens is 306 g/mol. The lowest BCUT2D eigenvalue weighted by molar-refractivity contribution is -0.118. The van der Waals surface area contributed by atoms with Crippen LogP contribution in [0.15, 0.2) is 18.2 Å². The van der Waals surface area contributed by atoms with Gasteiger partial charge in [0.2, 0.25) is 11.8 Å². The number of anilines is 2. The van der Waals surface area contributed by atoms with Crippen molar-refractivity contribution in [3.63, 3.8) is 0 Å². The molecule has 3 atom stereocenters. The summed E-state index contributed by atoms with van der Waals surface area (Å²) in [6.07, 6.45) is 5.84. The molecule has 1 aromatic carbocycles. The second-order valence-electron chi connectivity index (χ2n) is 6.69. The molecule has 0 aromatic heterocycles. The molecule has 1 aromatic rings. The third kappa shape index (κ3) is 3.70. The van der Waals surface area contributed by atoms with E-state index in [1.165, 1.54) is 39.7 Å². The van der Waals surface area contributed by atoms with E-state index in [9.17, 15) is 9.59 Å². The summed E-state index contributed by atoms with van der Waals surface area (Å²) >= 11 is 0. The summed E-state index contributed by atoms with van der Waals surface area (Å²) in [4.78, 5) is 23.7. The molecule has 3 rings (SSSR count). The lowest BCUT2D eigenvalue weighted by Crippen LogP contribution is -2.39. The van der Waals surface area contributed by atoms with Crippen LogP contribution in [0.5, 0.6) is 5.75 Å². The van der Waals surface area contributed by atoms with E-state index in [1.807, 2.05) is 0 Å². The van der Waals surface area contributed by atoms with Gasteiger partial charge in [0.05, 0.1) is 18.8 Å². The summed E-state index contributed by atoms with van der Waals surface area (Å²) in [5.41, 5.74) is 1.26. The summed E-state index contributed by atoms with van der Waals surface area (Å²) in [5, 5.41) is 9.14. The Hall–Kier alpha value is -2.08. The average molecular weight is 331 g/mol. The van der Waals surface area contributed by atoms with Crippen molar-refractivity contribution in [1.82, 2.24) is 5.32 Å². The summed E-state index contributed by atoms with van der Waals surface area (Å²) in [7, 11) is 1.54. The van der Waals surface area contributed by atoms with E-state index in [4.69, 9.17) is 4.74 Å². The number of carbonyl (C=O) groups is 2. The topological polar surface area (TPSA) is 79.5 Å². The lowest BCUT2D eigenvalue weighted by Gasteiger charge is -2.24. The highest BCUT2D eigenvalue weighted by Gasteiger charge is 2.38. The van der Waals surface area contributed by atoms with Gasteiger partial charge in [0.25, 0.3) is 0 Å². The Morgan fingerprint density at radius 1 is 1.21 bits per heavy atom. The van der Waals surface area contributed by atoms with Crippen LogP contribution in [0.25, 0.3) is 0 Å². The van der Waals surface area contributed by atoms with Gasteiger partial charge in [-0.2, -0.15) is 0 Å². The molecule has 1 heterocycles. The summed E-state index contributed by atoms with van der Waals surface area (Å²) in [5.74, 6) is 0.990. The van der Waals surface area contributed by atoms with Gasteiger partial charge in [-0.3, -0.25) is 9.59 Å². The van der Waals surface area contributed by atoms with Gasteiger partial charge in [-0.1, -0.05) is 12.8 Å². The van der Waals surface area contributed by atoms with Gasteiger partial charge in [0.15, 0.2) is 0 Å². The predicted octanol–water partition coefficient (Wildman–Crippen LogP) is 2.51. The fraction of sp³-hybridized carbons (Fsp3) is 0.556. The zero-order chi connectivity index (χ0) is 17.1. The van der Waals surface area contributed by atoms with E-state index in [-0.39, 0.29) is 17.9 Å². The van der Waals surface area contributed by atoms with Crippen molar-refractivity contribution in [2.75, 3.05) is 17.7 Å². The quantitative estimate of drug-likeness (QED) is 0.792. The van der Waals surface area contributed by atoms with Gasteiger partial charge in [0, 0.05) is 24.7 Å². The minimum absolute atomic E-state index is 0.00118. The second kappa shape index (κ2) is 7.21. The molecule has 130 valence electrons. The number of nitrogens with one attached hydrogen (secondary N) is 3. The van der Waals surface area contributed by atoms with Crippen LogP contribution in [-0.4, -0.2) is 31.0 Å². The molecule has 3 unspecified atom stereocenters. The van der Waals surface area contributed by atoms with Crippen molar-refractivity contribution in [3.8, 4) is 5.75 Å². The molecule has 2 amide bonds. The van der Waals surface area contributed by atoms with Crippen molar-refractivity contribution in [3.05, 3.63) is 18.2 Å². The smallest absolute Gasteiger partial charge is 0.241 e. The van der Waals surface area contributed by atoms with Crippen LogP contribution in [0.4, 0.5) is 11.4 Å². The molecule has 0 spiro atoms. The third-order valence-electron chi connectivity index (χ3n) is 4.96. The molecule has 3 N–H and O–H groups in total. The SMILES string of the molecule is COc1cc(NC(=O)C2CC3CCCCC3N2)ccc1NC(C)=O. The number of amides is 2. The van der Waals surface area contributed by atoms with E-state index >= 15 is 0 Å².